The quantitative estimate of drug-likeness (QED) is 0.831. The first-order valence-electron chi connectivity index (χ1n) is 5.85. The Hall–Kier alpha value is -1.77. The third-order valence-electron chi connectivity index (χ3n) is 2.61. The Balaban J connectivity index is 2.26. The SMILES string of the molecule is CNCc1ccc(F)cc1S(=O)(=O)NCc1ccno1. The molecule has 0 radical (unpaired) electrons. The molecule has 0 unspecified atom stereocenters. The Kier molecular flexibility index (Phi) is 4.48. The van der Waals surface area contributed by atoms with Gasteiger partial charge in [-0.15, -0.1) is 0 Å². The van der Waals surface area contributed by atoms with Crippen LogP contribution in [0.1, 0.15) is 11.3 Å². The van der Waals surface area contributed by atoms with Crippen molar-refractivity contribution in [3.05, 3.63) is 47.6 Å². The number of benzene rings is 1. The first-order chi connectivity index (χ1) is 9.53. The van der Waals surface area contributed by atoms with Crippen molar-refractivity contribution in [2.45, 2.75) is 18.0 Å². The zero-order valence-corrected chi connectivity index (χ0v) is 11.6. The van der Waals surface area contributed by atoms with Gasteiger partial charge in [0.25, 0.3) is 0 Å². The summed E-state index contributed by atoms with van der Waals surface area (Å²) < 4.78 is 44.9. The molecule has 0 fully saturated rings. The number of rotatable bonds is 6. The van der Waals surface area contributed by atoms with Crippen LogP contribution < -0.4 is 10.0 Å². The Morgan fingerprint density at radius 3 is 2.75 bits per heavy atom. The van der Waals surface area contributed by atoms with Crippen LogP contribution in [-0.4, -0.2) is 20.6 Å². The largest absolute Gasteiger partial charge is 0.360 e. The van der Waals surface area contributed by atoms with Crippen LogP contribution in [0.4, 0.5) is 4.39 Å². The molecule has 0 aliphatic heterocycles. The second-order valence-electron chi connectivity index (χ2n) is 4.09. The first kappa shape index (κ1) is 14.6. The van der Waals surface area contributed by atoms with E-state index in [0.717, 1.165) is 6.07 Å². The fourth-order valence-corrected chi connectivity index (χ4v) is 2.93. The molecule has 1 aromatic carbocycles. The molecular weight excluding hydrogens is 285 g/mol. The lowest BCUT2D eigenvalue weighted by Gasteiger charge is -2.10. The van der Waals surface area contributed by atoms with Crippen LogP contribution in [0.5, 0.6) is 0 Å². The van der Waals surface area contributed by atoms with Gasteiger partial charge in [-0.3, -0.25) is 0 Å². The highest BCUT2D eigenvalue weighted by atomic mass is 32.2. The van der Waals surface area contributed by atoms with Gasteiger partial charge < -0.3 is 9.84 Å². The highest BCUT2D eigenvalue weighted by molar-refractivity contribution is 7.89. The predicted octanol–water partition coefficient (Wildman–Crippen LogP) is 1.01. The van der Waals surface area contributed by atoms with Crippen molar-refractivity contribution in [2.24, 2.45) is 0 Å². The number of nitrogens with one attached hydrogen (secondary N) is 2. The maximum Gasteiger partial charge on any atom is 0.241 e. The third-order valence-corrected chi connectivity index (χ3v) is 4.10. The Labute approximate surface area is 116 Å². The van der Waals surface area contributed by atoms with Gasteiger partial charge in [0.15, 0.2) is 5.76 Å². The van der Waals surface area contributed by atoms with Crippen LogP contribution in [0, 0.1) is 5.82 Å². The minimum absolute atomic E-state index is 0.0438. The second-order valence-corrected chi connectivity index (χ2v) is 5.82. The average Bonchev–Trinajstić information content (AvgIpc) is 2.92. The minimum Gasteiger partial charge on any atom is -0.360 e. The second kappa shape index (κ2) is 6.12. The summed E-state index contributed by atoms with van der Waals surface area (Å²) in [5.41, 5.74) is 0.485. The van der Waals surface area contributed by atoms with Gasteiger partial charge in [-0.25, -0.2) is 17.5 Å². The zero-order valence-electron chi connectivity index (χ0n) is 10.8. The molecule has 0 bridgehead atoms. The molecule has 0 spiro atoms. The van der Waals surface area contributed by atoms with E-state index in [0.29, 0.717) is 17.9 Å². The van der Waals surface area contributed by atoms with Crippen molar-refractivity contribution in [3.63, 3.8) is 0 Å². The number of aromatic nitrogens is 1. The van der Waals surface area contributed by atoms with Crippen LogP contribution in [0.2, 0.25) is 0 Å². The highest BCUT2D eigenvalue weighted by Gasteiger charge is 2.19. The summed E-state index contributed by atoms with van der Waals surface area (Å²) >= 11 is 0. The van der Waals surface area contributed by atoms with Crippen LogP contribution in [0.25, 0.3) is 0 Å². The first-order valence-corrected chi connectivity index (χ1v) is 7.33. The Morgan fingerprint density at radius 2 is 2.10 bits per heavy atom. The highest BCUT2D eigenvalue weighted by Crippen LogP contribution is 2.17. The topological polar surface area (TPSA) is 84.2 Å². The van der Waals surface area contributed by atoms with Gasteiger partial charge in [0.05, 0.1) is 17.6 Å². The maximum atomic E-state index is 13.3. The van der Waals surface area contributed by atoms with E-state index >= 15 is 0 Å². The van der Waals surface area contributed by atoms with Crippen molar-refractivity contribution < 1.29 is 17.3 Å². The maximum absolute atomic E-state index is 13.3. The van der Waals surface area contributed by atoms with E-state index in [1.807, 2.05) is 0 Å². The molecule has 2 aromatic rings. The standard InChI is InChI=1S/C12H14FN3O3S/c1-14-7-9-2-3-10(13)6-12(9)20(17,18)16-8-11-4-5-15-19-11/h2-6,14,16H,7-8H2,1H3. The van der Waals surface area contributed by atoms with E-state index in [1.54, 1.807) is 13.1 Å². The summed E-state index contributed by atoms with van der Waals surface area (Å²) in [7, 11) is -2.15. The van der Waals surface area contributed by atoms with Gasteiger partial charge in [-0.05, 0) is 24.7 Å². The van der Waals surface area contributed by atoms with E-state index in [4.69, 9.17) is 4.52 Å². The fraction of sp³-hybridized carbons (Fsp3) is 0.250. The molecule has 8 heteroatoms. The number of halogens is 1. The molecule has 20 heavy (non-hydrogen) atoms. The lowest BCUT2D eigenvalue weighted by molar-refractivity contribution is 0.380. The molecule has 0 aliphatic rings. The smallest absolute Gasteiger partial charge is 0.241 e. The molecule has 0 saturated heterocycles. The van der Waals surface area contributed by atoms with Crippen molar-refractivity contribution >= 4 is 10.0 Å². The van der Waals surface area contributed by atoms with Crippen molar-refractivity contribution in [1.82, 2.24) is 15.2 Å². The normalized spacial score (nSPS) is 11.7. The lowest BCUT2D eigenvalue weighted by atomic mass is 10.2. The van der Waals surface area contributed by atoms with Gasteiger partial charge in [0.2, 0.25) is 10.0 Å². The molecule has 0 aliphatic carbocycles. The predicted molar refractivity (Wildman–Crippen MR) is 69.7 cm³/mol. The molecule has 0 saturated carbocycles. The van der Waals surface area contributed by atoms with E-state index in [1.165, 1.54) is 18.3 Å². The summed E-state index contributed by atoms with van der Waals surface area (Å²) in [6, 6.07) is 5.20. The molecule has 108 valence electrons. The van der Waals surface area contributed by atoms with E-state index in [-0.39, 0.29) is 11.4 Å². The number of sulfonamides is 1. The average molecular weight is 299 g/mol. The van der Waals surface area contributed by atoms with Gasteiger partial charge in [-0.1, -0.05) is 11.2 Å². The van der Waals surface area contributed by atoms with Crippen LogP contribution in [0.15, 0.2) is 39.9 Å². The number of hydrogen-bond donors (Lipinski definition) is 2. The Bertz CT molecular complexity index is 671. The third kappa shape index (κ3) is 3.41. The van der Waals surface area contributed by atoms with Gasteiger partial charge in [0.1, 0.15) is 5.82 Å². The molecular formula is C12H14FN3O3S. The van der Waals surface area contributed by atoms with E-state index in [9.17, 15) is 12.8 Å². The molecule has 0 atom stereocenters. The Morgan fingerprint density at radius 1 is 1.30 bits per heavy atom. The summed E-state index contributed by atoms with van der Waals surface area (Å²) in [5, 5.41) is 6.32. The lowest BCUT2D eigenvalue weighted by Crippen LogP contribution is -2.25. The van der Waals surface area contributed by atoms with Crippen LogP contribution >= 0.6 is 0 Å². The summed E-state index contributed by atoms with van der Waals surface area (Å²) in [4.78, 5) is -0.0913. The van der Waals surface area contributed by atoms with E-state index in [2.05, 4.69) is 15.2 Å². The number of nitrogens with zero attached hydrogens (tertiary/aromatic N) is 1. The van der Waals surface area contributed by atoms with Gasteiger partial charge >= 0.3 is 0 Å². The molecule has 0 amide bonds. The fourth-order valence-electron chi connectivity index (χ4n) is 1.69. The van der Waals surface area contributed by atoms with Gasteiger partial charge in [-0.2, -0.15) is 0 Å². The molecule has 6 nitrogen and oxygen atoms in total. The molecule has 2 N–H and O–H groups in total. The summed E-state index contributed by atoms with van der Waals surface area (Å²) in [6.07, 6.45) is 1.41. The molecule has 1 heterocycles. The zero-order chi connectivity index (χ0) is 14.6. The van der Waals surface area contributed by atoms with Crippen LogP contribution in [-0.2, 0) is 23.1 Å². The summed E-state index contributed by atoms with van der Waals surface area (Å²) in [6.45, 7) is 0.274. The number of hydrogen-bond acceptors (Lipinski definition) is 5. The molecule has 1 aromatic heterocycles. The van der Waals surface area contributed by atoms with Gasteiger partial charge in [0, 0.05) is 12.6 Å². The van der Waals surface area contributed by atoms with E-state index < -0.39 is 15.8 Å². The minimum atomic E-state index is -3.83. The summed E-state index contributed by atoms with van der Waals surface area (Å²) in [5.74, 6) is -0.231. The van der Waals surface area contributed by atoms with Crippen molar-refractivity contribution in [3.8, 4) is 0 Å². The monoisotopic (exact) mass is 299 g/mol. The van der Waals surface area contributed by atoms with Crippen molar-refractivity contribution in [2.75, 3.05) is 7.05 Å². The molecule has 2 rings (SSSR count). The van der Waals surface area contributed by atoms with Crippen molar-refractivity contribution in [1.29, 1.82) is 0 Å². The van der Waals surface area contributed by atoms with Crippen LogP contribution in [0.3, 0.4) is 0 Å².